The SMILES string of the molecule is COc1c(C)c(Cl)c(C)c(CN2CCNCC2)c1O. The summed E-state index contributed by atoms with van der Waals surface area (Å²) >= 11 is 6.33. The normalized spacial score (nSPS) is 16.6. The van der Waals surface area contributed by atoms with E-state index < -0.39 is 0 Å². The van der Waals surface area contributed by atoms with Gasteiger partial charge in [0.25, 0.3) is 0 Å². The van der Waals surface area contributed by atoms with Crippen LogP contribution in [0.4, 0.5) is 0 Å². The maximum absolute atomic E-state index is 10.4. The molecule has 0 spiro atoms. The van der Waals surface area contributed by atoms with E-state index in [9.17, 15) is 5.11 Å². The Labute approximate surface area is 119 Å². The highest BCUT2D eigenvalue weighted by Gasteiger charge is 2.21. The third-order valence-corrected chi connectivity index (χ3v) is 4.32. The van der Waals surface area contributed by atoms with E-state index in [-0.39, 0.29) is 5.75 Å². The van der Waals surface area contributed by atoms with E-state index in [4.69, 9.17) is 16.3 Å². The van der Waals surface area contributed by atoms with Gasteiger partial charge in [0.1, 0.15) is 0 Å². The molecule has 1 fully saturated rings. The summed E-state index contributed by atoms with van der Waals surface area (Å²) in [6.45, 7) is 8.44. The molecule has 0 amide bonds. The Morgan fingerprint density at radius 3 is 2.47 bits per heavy atom. The molecule has 5 heteroatoms. The molecule has 1 aliphatic rings. The first-order valence-corrected chi connectivity index (χ1v) is 6.91. The van der Waals surface area contributed by atoms with Gasteiger partial charge < -0.3 is 15.2 Å². The van der Waals surface area contributed by atoms with Crippen molar-refractivity contribution in [3.63, 3.8) is 0 Å². The van der Waals surface area contributed by atoms with Crippen LogP contribution in [0.3, 0.4) is 0 Å². The van der Waals surface area contributed by atoms with E-state index in [0.29, 0.717) is 17.3 Å². The van der Waals surface area contributed by atoms with Gasteiger partial charge in [-0.25, -0.2) is 0 Å². The number of halogens is 1. The van der Waals surface area contributed by atoms with Crippen LogP contribution in [0.15, 0.2) is 0 Å². The summed E-state index contributed by atoms with van der Waals surface area (Å²) in [6.07, 6.45) is 0. The Morgan fingerprint density at radius 2 is 1.89 bits per heavy atom. The summed E-state index contributed by atoms with van der Waals surface area (Å²) in [5, 5.41) is 14.4. The predicted molar refractivity (Wildman–Crippen MR) is 77.3 cm³/mol. The van der Waals surface area contributed by atoms with Gasteiger partial charge in [0.15, 0.2) is 11.5 Å². The molecular weight excluding hydrogens is 264 g/mol. The molecule has 0 saturated carbocycles. The first-order valence-electron chi connectivity index (χ1n) is 6.53. The molecule has 0 unspecified atom stereocenters. The second kappa shape index (κ2) is 5.99. The molecule has 1 aromatic rings. The number of rotatable bonds is 3. The van der Waals surface area contributed by atoms with E-state index in [2.05, 4.69) is 10.2 Å². The van der Waals surface area contributed by atoms with Gasteiger partial charge in [0.05, 0.1) is 12.1 Å². The third-order valence-electron chi connectivity index (χ3n) is 3.75. The molecule has 0 bridgehead atoms. The number of piperazine rings is 1. The van der Waals surface area contributed by atoms with Crippen LogP contribution in [0.25, 0.3) is 0 Å². The summed E-state index contributed by atoms with van der Waals surface area (Å²) < 4.78 is 5.28. The van der Waals surface area contributed by atoms with Gasteiger partial charge in [0.2, 0.25) is 0 Å². The monoisotopic (exact) mass is 284 g/mol. The van der Waals surface area contributed by atoms with Crippen LogP contribution in [0.2, 0.25) is 5.02 Å². The number of benzene rings is 1. The Hall–Kier alpha value is -0.970. The van der Waals surface area contributed by atoms with Crippen LogP contribution in [0.1, 0.15) is 16.7 Å². The summed E-state index contributed by atoms with van der Waals surface area (Å²) in [5.41, 5.74) is 2.61. The van der Waals surface area contributed by atoms with E-state index in [1.54, 1.807) is 7.11 Å². The highest BCUT2D eigenvalue weighted by molar-refractivity contribution is 6.32. The lowest BCUT2D eigenvalue weighted by Crippen LogP contribution is -2.43. The fourth-order valence-corrected chi connectivity index (χ4v) is 2.74. The van der Waals surface area contributed by atoms with Crippen LogP contribution >= 0.6 is 11.6 Å². The molecule has 0 aromatic heterocycles. The Balaban J connectivity index is 2.35. The number of ether oxygens (including phenoxy) is 1. The largest absolute Gasteiger partial charge is 0.504 e. The van der Waals surface area contributed by atoms with Gasteiger partial charge in [0, 0.05) is 43.9 Å². The Kier molecular flexibility index (Phi) is 4.55. The topological polar surface area (TPSA) is 44.7 Å². The van der Waals surface area contributed by atoms with Gasteiger partial charge in [-0.1, -0.05) is 11.6 Å². The van der Waals surface area contributed by atoms with Gasteiger partial charge in [-0.3, -0.25) is 4.90 Å². The van der Waals surface area contributed by atoms with Crippen molar-refractivity contribution in [2.45, 2.75) is 20.4 Å². The van der Waals surface area contributed by atoms with Crippen LogP contribution < -0.4 is 10.1 Å². The molecule has 106 valence electrons. The van der Waals surface area contributed by atoms with Crippen molar-refractivity contribution in [2.24, 2.45) is 0 Å². The molecule has 0 atom stereocenters. The first-order chi connectivity index (χ1) is 9.06. The lowest BCUT2D eigenvalue weighted by atomic mass is 10.0. The number of phenols is 1. The zero-order chi connectivity index (χ0) is 14.0. The highest BCUT2D eigenvalue weighted by Crippen LogP contribution is 2.41. The molecule has 19 heavy (non-hydrogen) atoms. The van der Waals surface area contributed by atoms with Crippen LogP contribution in [0.5, 0.6) is 11.5 Å². The van der Waals surface area contributed by atoms with E-state index in [1.165, 1.54) is 0 Å². The van der Waals surface area contributed by atoms with E-state index >= 15 is 0 Å². The molecule has 0 radical (unpaired) electrons. The quantitative estimate of drug-likeness (QED) is 0.892. The molecule has 4 nitrogen and oxygen atoms in total. The van der Waals surface area contributed by atoms with Gasteiger partial charge in [-0.2, -0.15) is 0 Å². The summed E-state index contributed by atoms with van der Waals surface area (Å²) in [5.74, 6) is 0.709. The maximum Gasteiger partial charge on any atom is 0.165 e. The summed E-state index contributed by atoms with van der Waals surface area (Å²) in [4.78, 5) is 2.31. The molecule has 1 saturated heterocycles. The molecule has 1 heterocycles. The molecule has 1 aliphatic heterocycles. The number of hydrogen-bond acceptors (Lipinski definition) is 4. The van der Waals surface area contributed by atoms with Gasteiger partial charge in [-0.15, -0.1) is 0 Å². The Bertz CT molecular complexity index is 471. The zero-order valence-electron chi connectivity index (χ0n) is 11.7. The van der Waals surface area contributed by atoms with Crippen LogP contribution in [0, 0.1) is 13.8 Å². The number of nitrogens with zero attached hydrogens (tertiary/aromatic N) is 1. The Morgan fingerprint density at radius 1 is 1.26 bits per heavy atom. The highest BCUT2D eigenvalue weighted by atomic mass is 35.5. The molecule has 2 rings (SSSR count). The standard InChI is InChI=1S/C14H21ClN2O2/c1-9-11(8-17-6-4-16-5-7-17)13(18)14(19-3)10(2)12(9)15/h16,18H,4-8H2,1-3H3. The summed E-state index contributed by atoms with van der Waals surface area (Å²) in [7, 11) is 1.56. The third kappa shape index (κ3) is 2.81. The van der Waals surface area contributed by atoms with Crippen molar-refractivity contribution in [3.8, 4) is 11.5 Å². The number of hydrogen-bond donors (Lipinski definition) is 2. The minimum atomic E-state index is 0.223. The van der Waals surface area contributed by atoms with Crippen molar-refractivity contribution in [1.82, 2.24) is 10.2 Å². The van der Waals surface area contributed by atoms with E-state index in [1.807, 2.05) is 13.8 Å². The predicted octanol–water partition coefficient (Wildman–Crippen LogP) is 2.08. The maximum atomic E-state index is 10.4. The van der Waals surface area contributed by atoms with Crippen molar-refractivity contribution < 1.29 is 9.84 Å². The van der Waals surface area contributed by atoms with Crippen molar-refractivity contribution in [1.29, 1.82) is 0 Å². The first kappa shape index (κ1) is 14.4. The second-order valence-corrected chi connectivity index (χ2v) is 5.33. The van der Waals surface area contributed by atoms with Crippen LogP contribution in [-0.2, 0) is 6.54 Å². The fourth-order valence-electron chi connectivity index (χ4n) is 2.54. The number of methoxy groups -OCH3 is 1. The van der Waals surface area contributed by atoms with Gasteiger partial charge >= 0.3 is 0 Å². The van der Waals surface area contributed by atoms with E-state index in [0.717, 1.165) is 42.9 Å². The summed E-state index contributed by atoms with van der Waals surface area (Å²) in [6, 6.07) is 0. The number of aromatic hydroxyl groups is 1. The number of phenolic OH excluding ortho intramolecular Hbond substituents is 1. The van der Waals surface area contributed by atoms with Crippen molar-refractivity contribution in [2.75, 3.05) is 33.3 Å². The minimum absolute atomic E-state index is 0.223. The molecule has 2 N–H and O–H groups in total. The average molecular weight is 285 g/mol. The minimum Gasteiger partial charge on any atom is -0.504 e. The lowest BCUT2D eigenvalue weighted by molar-refractivity contribution is 0.229. The number of nitrogens with one attached hydrogen (secondary N) is 1. The molecule has 1 aromatic carbocycles. The van der Waals surface area contributed by atoms with Crippen molar-refractivity contribution in [3.05, 3.63) is 21.7 Å². The molecular formula is C14H21ClN2O2. The van der Waals surface area contributed by atoms with Gasteiger partial charge in [-0.05, 0) is 19.4 Å². The molecule has 0 aliphatic carbocycles. The average Bonchev–Trinajstić information content (AvgIpc) is 2.43. The second-order valence-electron chi connectivity index (χ2n) is 4.95. The van der Waals surface area contributed by atoms with Crippen LogP contribution in [-0.4, -0.2) is 43.3 Å². The lowest BCUT2D eigenvalue weighted by Gasteiger charge is -2.28. The van der Waals surface area contributed by atoms with Crippen molar-refractivity contribution >= 4 is 11.6 Å². The smallest absolute Gasteiger partial charge is 0.165 e. The zero-order valence-corrected chi connectivity index (χ0v) is 12.5. The fraction of sp³-hybridized carbons (Fsp3) is 0.571.